The molecule has 4 rings (SSSR count). The second-order valence-corrected chi connectivity index (χ2v) is 8.51. The fourth-order valence-electron chi connectivity index (χ4n) is 3.56. The molecular weight excluding hydrogens is 447 g/mol. The lowest BCUT2D eigenvalue weighted by Crippen LogP contribution is -2.48. The van der Waals surface area contributed by atoms with E-state index in [2.05, 4.69) is 10.5 Å². The fraction of sp³-hybridized carbons (Fsp3) is 0.286. The second-order valence-electron chi connectivity index (χ2n) is 7.23. The molecule has 9 heteroatoms. The summed E-state index contributed by atoms with van der Waals surface area (Å²) in [4.78, 5) is 24.3. The molecule has 1 N–H and O–H groups in total. The number of ketones is 1. The quantitative estimate of drug-likeness (QED) is 0.714. The number of hydrazine groups is 1. The smallest absolute Gasteiger partial charge is 0.281 e. The SMILES string of the molecule is O=C1CCN(NC(=O)C2=NN(c3ccc(Cl)cc3Cl)C(c3ccc(Cl)cc3)C2)CC1. The maximum Gasteiger partial charge on any atom is 0.281 e. The van der Waals surface area contributed by atoms with Crippen LogP contribution >= 0.6 is 34.8 Å². The van der Waals surface area contributed by atoms with Gasteiger partial charge in [0.2, 0.25) is 0 Å². The van der Waals surface area contributed by atoms with Gasteiger partial charge >= 0.3 is 0 Å². The minimum absolute atomic E-state index is 0.213. The van der Waals surface area contributed by atoms with E-state index in [1.54, 1.807) is 40.3 Å². The molecule has 0 spiro atoms. The van der Waals surface area contributed by atoms with Crippen LogP contribution in [0.5, 0.6) is 0 Å². The number of hydrogen-bond donors (Lipinski definition) is 1. The molecule has 0 aromatic heterocycles. The third-order valence-corrected chi connectivity index (χ3v) is 5.95. The van der Waals surface area contributed by atoms with E-state index < -0.39 is 0 Å². The molecule has 1 amide bonds. The van der Waals surface area contributed by atoms with E-state index in [0.717, 1.165) is 5.56 Å². The lowest BCUT2D eigenvalue weighted by molar-refractivity contribution is -0.126. The summed E-state index contributed by atoms with van der Waals surface area (Å²) in [5, 5.41) is 9.70. The third-order valence-electron chi connectivity index (χ3n) is 5.16. The number of carbonyl (C=O) groups excluding carboxylic acids is 2. The van der Waals surface area contributed by atoms with Gasteiger partial charge in [-0.2, -0.15) is 5.10 Å². The van der Waals surface area contributed by atoms with Crippen LogP contribution in [-0.2, 0) is 9.59 Å². The highest BCUT2D eigenvalue weighted by molar-refractivity contribution is 6.40. The van der Waals surface area contributed by atoms with Crippen LogP contribution in [0.1, 0.15) is 30.9 Å². The van der Waals surface area contributed by atoms with Crippen LogP contribution in [0.3, 0.4) is 0 Å². The lowest BCUT2D eigenvalue weighted by atomic mass is 10.0. The highest BCUT2D eigenvalue weighted by atomic mass is 35.5. The Labute approximate surface area is 189 Å². The zero-order valence-electron chi connectivity index (χ0n) is 15.9. The van der Waals surface area contributed by atoms with Crippen LogP contribution < -0.4 is 10.4 Å². The predicted molar refractivity (Wildman–Crippen MR) is 119 cm³/mol. The molecule has 0 aliphatic carbocycles. The Morgan fingerprint density at radius 3 is 2.33 bits per heavy atom. The Morgan fingerprint density at radius 1 is 1.00 bits per heavy atom. The Bertz CT molecular complexity index is 1000. The lowest BCUT2D eigenvalue weighted by Gasteiger charge is -2.26. The van der Waals surface area contributed by atoms with Crippen molar-refractivity contribution >= 4 is 57.9 Å². The number of rotatable bonds is 4. The number of nitrogens with zero attached hydrogens (tertiary/aromatic N) is 3. The molecule has 6 nitrogen and oxygen atoms in total. The molecule has 1 saturated heterocycles. The first-order valence-corrected chi connectivity index (χ1v) is 10.7. The van der Waals surface area contributed by atoms with Gasteiger partial charge in [-0.25, -0.2) is 5.01 Å². The standard InChI is InChI=1S/C21H19Cl3N4O2/c22-14-3-1-13(2-4-14)20-12-18(21(30)26-27-9-7-16(29)8-10-27)25-28(20)19-6-5-15(23)11-17(19)24/h1-6,11,20H,7-10,12H2,(H,26,30). The molecule has 1 fully saturated rings. The number of halogens is 3. The van der Waals surface area contributed by atoms with Gasteiger partial charge < -0.3 is 0 Å². The Morgan fingerprint density at radius 2 is 1.67 bits per heavy atom. The Hall–Kier alpha value is -2.12. The summed E-state index contributed by atoms with van der Waals surface area (Å²) in [6, 6.07) is 12.4. The molecular formula is C21H19Cl3N4O2. The number of carbonyl (C=O) groups is 2. The zero-order chi connectivity index (χ0) is 21.3. The molecule has 2 aromatic rings. The van der Waals surface area contributed by atoms with E-state index in [0.29, 0.717) is 58.8 Å². The summed E-state index contributed by atoms with van der Waals surface area (Å²) in [5.74, 6) is -0.0686. The van der Waals surface area contributed by atoms with E-state index in [1.807, 2.05) is 12.1 Å². The number of hydrogen-bond acceptors (Lipinski definition) is 5. The van der Waals surface area contributed by atoms with Gasteiger partial charge in [0.15, 0.2) is 0 Å². The van der Waals surface area contributed by atoms with E-state index in [-0.39, 0.29) is 17.7 Å². The number of benzene rings is 2. The minimum Gasteiger partial charge on any atom is -0.300 e. The first kappa shape index (κ1) is 21.1. The molecule has 1 unspecified atom stereocenters. The van der Waals surface area contributed by atoms with Crippen molar-refractivity contribution < 1.29 is 9.59 Å². The topological polar surface area (TPSA) is 65.0 Å². The Kier molecular flexibility index (Phi) is 6.29. The average molecular weight is 466 g/mol. The molecule has 0 saturated carbocycles. The molecule has 2 aliphatic rings. The van der Waals surface area contributed by atoms with Gasteiger partial charge in [0, 0.05) is 42.4 Å². The van der Waals surface area contributed by atoms with E-state index >= 15 is 0 Å². The van der Waals surface area contributed by atoms with Gasteiger partial charge in [-0.05, 0) is 35.9 Å². The van der Waals surface area contributed by atoms with Crippen LogP contribution in [-0.4, -0.2) is 35.5 Å². The average Bonchev–Trinajstić information content (AvgIpc) is 3.15. The van der Waals surface area contributed by atoms with Crippen molar-refractivity contribution in [2.45, 2.75) is 25.3 Å². The van der Waals surface area contributed by atoms with Crippen molar-refractivity contribution in [1.29, 1.82) is 0 Å². The summed E-state index contributed by atoms with van der Waals surface area (Å²) in [6.07, 6.45) is 1.28. The largest absolute Gasteiger partial charge is 0.300 e. The van der Waals surface area contributed by atoms with Gasteiger partial charge in [-0.3, -0.25) is 20.0 Å². The minimum atomic E-state index is -0.282. The predicted octanol–water partition coefficient (Wildman–Crippen LogP) is 4.65. The summed E-state index contributed by atoms with van der Waals surface area (Å²) < 4.78 is 0. The maximum absolute atomic E-state index is 12.9. The number of hydrazone groups is 1. The molecule has 2 heterocycles. The van der Waals surface area contributed by atoms with Crippen molar-refractivity contribution in [3.8, 4) is 0 Å². The van der Waals surface area contributed by atoms with Crippen LogP contribution in [0.4, 0.5) is 5.69 Å². The summed E-state index contributed by atoms with van der Waals surface area (Å²) in [7, 11) is 0. The number of amides is 1. The van der Waals surface area contributed by atoms with Crippen molar-refractivity contribution in [2.24, 2.45) is 5.10 Å². The van der Waals surface area contributed by atoms with E-state index in [4.69, 9.17) is 34.8 Å². The zero-order valence-corrected chi connectivity index (χ0v) is 18.2. The van der Waals surface area contributed by atoms with Gasteiger partial charge in [0.25, 0.3) is 5.91 Å². The first-order chi connectivity index (χ1) is 14.4. The molecule has 1 atom stereocenters. The van der Waals surface area contributed by atoms with Crippen molar-refractivity contribution in [3.05, 3.63) is 63.1 Å². The summed E-state index contributed by atoms with van der Waals surface area (Å²) in [5.41, 5.74) is 4.87. The number of anilines is 1. The monoisotopic (exact) mass is 464 g/mol. The van der Waals surface area contributed by atoms with Gasteiger partial charge in [0.1, 0.15) is 11.5 Å². The first-order valence-electron chi connectivity index (χ1n) is 9.55. The van der Waals surface area contributed by atoms with Crippen LogP contribution in [0, 0.1) is 0 Å². The second kappa shape index (κ2) is 8.94. The van der Waals surface area contributed by atoms with Crippen LogP contribution in [0.2, 0.25) is 15.1 Å². The van der Waals surface area contributed by atoms with E-state index in [1.165, 1.54) is 0 Å². The van der Waals surface area contributed by atoms with Crippen LogP contribution in [0.25, 0.3) is 0 Å². The fourth-order valence-corrected chi connectivity index (χ4v) is 4.18. The van der Waals surface area contributed by atoms with Gasteiger partial charge in [-0.1, -0.05) is 46.9 Å². The molecule has 30 heavy (non-hydrogen) atoms. The molecule has 2 aromatic carbocycles. The highest BCUT2D eigenvalue weighted by Gasteiger charge is 2.34. The van der Waals surface area contributed by atoms with Crippen molar-refractivity contribution in [1.82, 2.24) is 10.4 Å². The van der Waals surface area contributed by atoms with Gasteiger partial charge in [-0.15, -0.1) is 0 Å². The number of Topliss-reactive ketones (excluding diaryl/α,β-unsaturated/α-hetero) is 1. The molecule has 0 radical (unpaired) electrons. The van der Waals surface area contributed by atoms with Gasteiger partial charge in [0.05, 0.1) is 16.8 Å². The van der Waals surface area contributed by atoms with E-state index in [9.17, 15) is 9.59 Å². The van der Waals surface area contributed by atoms with Crippen molar-refractivity contribution in [3.63, 3.8) is 0 Å². The number of nitrogens with one attached hydrogen (secondary N) is 1. The third kappa shape index (κ3) is 4.62. The van der Waals surface area contributed by atoms with Crippen LogP contribution in [0.15, 0.2) is 47.6 Å². The Balaban J connectivity index is 1.60. The molecule has 2 aliphatic heterocycles. The maximum atomic E-state index is 12.9. The molecule has 0 bridgehead atoms. The number of piperidine rings is 1. The molecule has 156 valence electrons. The highest BCUT2D eigenvalue weighted by Crippen LogP contribution is 2.39. The van der Waals surface area contributed by atoms with Crippen molar-refractivity contribution in [2.75, 3.05) is 18.1 Å². The summed E-state index contributed by atoms with van der Waals surface area (Å²) >= 11 is 18.5. The summed E-state index contributed by atoms with van der Waals surface area (Å²) in [6.45, 7) is 1.01. The normalized spacial score (nSPS) is 19.7.